The van der Waals surface area contributed by atoms with E-state index in [0.29, 0.717) is 0 Å². The van der Waals surface area contributed by atoms with Crippen molar-refractivity contribution in [2.24, 2.45) is 0 Å². The van der Waals surface area contributed by atoms with Crippen molar-refractivity contribution < 1.29 is 9.85 Å². The molecule has 0 bridgehead atoms. The average Bonchev–Trinajstić information content (AvgIpc) is 2.46. The van der Waals surface area contributed by atoms with Crippen LogP contribution in [0.1, 0.15) is 17.0 Å². The topological polar surface area (TPSA) is 86.3 Å². The Morgan fingerprint density at radius 2 is 1.13 bits per heavy atom. The maximum absolute atomic E-state index is 11.2. The summed E-state index contributed by atoms with van der Waals surface area (Å²) in [5.74, 6) is -1.17. The minimum Gasteiger partial charge on any atom is -0.258 e. The third kappa shape index (κ3) is 3.72. The van der Waals surface area contributed by atoms with E-state index in [0.717, 1.165) is 0 Å². The van der Waals surface area contributed by atoms with Crippen LogP contribution in [0.4, 0.5) is 11.4 Å². The highest BCUT2D eigenvalue weighted by Gasteiger charge is 2.42. The quantitative estimate of drug-likeness (QED) is 0.427. The second kappa shape index (κ2) is 6.70. The fourth-order valence-corrected chi connectivity index (χ4v) is 3.02. The lowest BCUT2D eigenvalue weighted by Gasteiger charge is -2.24. The van der Waals surface area contributed by atoms with Crippen molar-refractivity contribution in [3.8, 4) is 0 Å². The SMILES string of the molecule is O=[N+]([O-])c1ccccc1C(c1ccccc1[N+](=O)[O-])C(Cl)(Cl)Cl. The number of para-hydroxylation sites is 2. The number of hydrogen-bond donors (Lipinski definition) is 0. The summed E-state index contributed by atoms with van der Waals surface area (Å²) >= 11 is 18.0. The number of alkyl halides is 3. The second-order valence-corrected chi connectivity index (χ2v) is 6.98. The molecule has 0 aliphatic carbocycles. The van der Waals surface area contributed by atoms with E-state index in [1.54, 1.807) is 12.1 Å². The maximum Gasteiger partial charge on any atom is 0.273 e. The molecule has 0 radical (unpaired) electrons. The molecule has 0 saturated heterocycles. The van der Waals surface area contributed by atoms with Crippen molar-refractivity contribution in [2.45, 2.75) is 9.71 Å². The van der Waals surface area contributed by atoms with Crippen LogP contribution in [-0.4, -0.2) is 13.6 Å². The van der Waals surface area contributed by atoms with Gasteiger partial charge in [0.15, 0.2) is 0 Å². The summed E-state index contributed by atoms with van der Waals surface area (Å²) in [6, 6.07) is 11.4. The first kappa shape index (κ1) is 17.5. The minimum atomic E-state index is -2.02. The van der Waals surface area contributed by atoms with Crippen LogP contribution in [0.3, 0.4) is 0 Å². The summed E-state index contributed by atoms with van der Waals surface area (Å²) in [6.45, 7) is 0. The zero-order valence-electron chi connectivity index (χ0n) is 11.4. The van der Waals surface area contributed by atoms with Crippen LogP contribution in [0.15, 0.2) is 48.5 Å². The fourth-order valence-electron chi connectivity index (χ4n) is 2.32. The molecule has 0 saturated carbocycles. The molecule has 0 N–H and O–H groups in total. The van der Waals surface area contributed by atoms with Gasteiger partial charge in [-0.15, -0.1) is 0 Å². The monoisotopic (exact) mass is 374 g/mol. The molecule has 23 heavy (non-hydrogen) atoms. The lowest BCUT2D eigenvalue weighted by Crippen LogP contribution is -2.20. The second-order valence-electron chi connectivity index (χ2n) is 4.61. The van der Waals surface area contributed by atoms with Gasteiger partial charge in [-0.05, 0) is 0 Å². The van der Waals surface area contributed by atoms with Gasteiger partial charge in [-0.2, -0.15) is 0 Å². The van der Waals surface area contributed by atoms with Gasteiger partial charge in [-0.3, -0.25) is 20.2 Å². The molecule has 9 heteroatoms. The molecular formula is C14H9Cl3N2O4. The molecule has 0 heterocycles. The number of hydrogen-bond acceptors (Lipinski definition) is 4. The number of nitrogens with zero attached hydrogens (tertiary/aromatic N) is 2. The van der Waals surface area contributed by atoms with Gasteiger partial charge < -0.3 is 0 Å². The third-order valence-corrected chi connectivity index (χ3v) is 3.87. The van der Waals surface area contributed by atoms with Crippen molar-refractivity contribution in [3.63, 3.8) is 0 Å². The molecular weight excluding hydrogens is 367 g/mol. The van der Waals surface area contributed by atoms with E-state index in [1.165, 1.54) is 36.4 Å². The van der Waals surface area contributed by atoms with Crippen LogP contribution in [0.25, 0.3) is 0 Å². The Bertz CT molecular complexity index is 704. The Hall–Kier alpha value is -1.89. The highest BCUT2D eigenvalue weighted by atomic mass is 35.6. The first-order valence-electron chi connectivity index (χ1n) is 6.27. The molecule has 0 aliphatic heterocycles. The van der Waals surface area contributed by atoms with Crippen LogP contribution in [0.2, 0.25) is 0 Å². The van der Waals surface area contributed by atoms with Crippen LogP contribution in [-0.2, 0) is 0 Å². The molecule has 0 atom stereocenters. The van der Waals surface area contributed by atoms with Crippen molar-refractivity contribution in [1.82, 2.24) is 0 Å². The van der Waals surface area contributed by atoms with Gasteiger partial charge >= 0.3 is 0 Å². The first-order valence-corrected chi connectivity index (χ1v) is 7.40. The number of benzene rings is 2. The third-order valence-electron chi connectivity index (χ3n) is 3.22. The fraction of sp³-hybridized carbons (Fsp3) is 0.143. The van der Waals surface area contributed by atoms with E-state index in [4.69, 9.17) is 34.8 Å². The van der Waals surface area contributed by atoms with Gasteiger partial charge in [0.2, 0.25) is 3.79 Å². The van der Waals surface area contributed by atoms with Gasteiger partial charge in [0, 0.05) is 23.3 Å². The molecule has 6 nitrogen and oxygen atoms in total. The number of nitro benzene ring substituents is 2. The first-order chi connectivity index (χ1) is 10.7. The van der Waals surface area contributed by atoms with Gasteiger partial charge in [-0.1, -0.05) is 71.2 Å². The Labute approximate surface area is 145 Å². The highest BCUT2D eigenvalue weighted by molar-refractivity contribution is 6.68. The van der Waals surface area contributed by atoms with Gasteiger partial charge in [0.05, 0.1) is 15.8 Å². The summed E-state index contributed by atoms with van der Waals surface area (Å²) in [4.78, 5) is 21.3. The molecule has 0 aromatic heterocycles. The van der Waals surface area contributed by atoms with Crippen LogP contribution < -0.4 is 0 Å². The number of halogens is 3. The predicted molar refractivity (Wildman–Crippen MR) is 88.3 cm³/mol. The molecule has 0 fully saturated rings. The lowest BCUT2D eigenvalue weighted by atomic mass is 9.90. The van der Waals surface area contributed by atoms with Gasteiger partial charge in [0.25, 0.3) is 11.4 Å². The standard InChI is InChI=1S/C14H9Cl3N2O4/c15-14(16,17)13(9-5-1-3-7-11(9)18(20)21)10-6-2-4-8-12(10)19(22)23/h1-8,13H. The Morgan fingerprint density at radius 3 is 1.43 bits per heavy atom. The maximum atomic E-state index is 11.2. The van der Waals surface area contributed by atoms with E-state index >= 15 is 0 Å². The highest BCUT2D eigenvalue weighted by Crippen LogP contribution is 2.49. The summed E-state index contributed by atoms with van der Waals surface area (Å²) in [5.41, 5.74) is -0.373. The Balaban J connectivity index is 2.76. The number of rotatable bonds is 4. The van der Waals surface area contributed by atoms with E-state index in [1.807, 2.05) is 0 Å². The van der Waals surface area contributed by atoms with E-state index in [9.17, 15) is 20.2 Å². The van der Waals surface area contributed by atoms with Crippen molar-refractivity contribution >= 4 is 46.2 Å². The smallest absolute Gasteiger partial charge is 0.258 e. The van der Waals surface area contributed by atoms with Gasteiger partial charge in [0.1, 0.15) is 0 Å². The number of nitro groups is 2. The minimum absolute atomic E-state index is 0.0896. The van der Waals surface area contributed by atoms with E-state index < -0.39 is 19.6 Å². The molecule has 2 aromatic rings. The molecule has 2 rings (SSSR count). The molecule has 2 aromatic carbocycles. The lowest BCUT2D eigenvalue weighted by molar-refractivity contribution is -0.386. The summed E-state index contributed by atoms with van der Waals surface area (Å²) in [5, 5.41) is 22.5. The van der Waals surface area contributed by atoms with Crippen molar-refractivity contribution in [2.75, 3.05) is 0 Å². The summed E-state index contributed by atoms with van der Waals surface area (Å²) in [6.07, 6.45) is 0. The molecule has 0 unspecified atom stereocenters. The molecule has 0 spiro atoms. The normalized spacial score (nSPS) is 11.5. The van der Waals surface area contributed by atoms with Gasteiger partial charge in [-0.25, -0.2) is 0 Å². The van der Waals surface area contributed by atoms with E-state index in [2.05, 4.69) is 0 Å². The molecule has 120 valence electrons. The predicted octanol–water partition coefficient (Wildman–Crippen LogP) is 5.01. The van der Waals surface area contributed by atoms with Crippen molar-refractivity contribution in [1.29, 1.82) is 0 Å². The van der Waals surface area contributed by atoms with Crippen LogP contribution in [0.5, 0.6) is 0 Å². The van der Waals surface area contributed by atoms with Crippen molar-refractivity contribution in [3.05, 3.63) is 79.9 Å². The molecule has 0 amide bonds. The zero-order valence-corrected chi connectivity index (χ0v) is 13.6. The van der Waals surface area contributed by atoms with E-state index in [-0.39, 0.29) is 22.5 Å². The Kier molecular flexibility index (Phi) is 5.09. The average molecular weight is 376 g/mol. The zero-order chi connectivity index (χ0) is 17.2. The summed E-state index contributed by atoms with van der Waals surface area (Å²) < 4.78 is -2.02. The largest absolute Gasteiger partial charge is 0.273 e. The van der Waals surface area contributed by atoms with Crippen LogP contribution in [0, 0.1) is 20.2 Å². The Morgan fingerprint density at radius 1 is 0.783 bits per heavy atom. The molecule has 0 aliphatic rings. The summed E-state index contributed by atoms with van der Waals surface area (Å²) in [7, 11) is 0. The van der Waals surface area contributed by atoms with Crippen LogP contribution >= 0.6 is 34.8 Å².